The van der Waals surface area contributed by atoms with Crippen LogP contribution in [0, 0.1) is 0 Å². The third-order valence-corrected chi connectivity index (χ3v) is 3.52. The van der Waals surface area contributed by atoms with Crippen LogP contribution in [0.15, 0.2) is 47.1 Å². The number of carbonyl (C=O) groups is 1. The molecule has 1 amide bonds. The molecule has 1 aliphatic rings. The lowest BCUT2D eigenvalue weighted by Crippen LogP contribution is -2.48. The van der Waals surface area contributed by atoms with E-state index in [9.17, 15) is 9.90 Å². The first kappa shape index (κ1) is 12.6. The molecule has 1 N–H and O–H groups in total. The van der Waals surface area contributed by atoms with E-state index in [1.165, 1.54) is 6.26 Å². The minimum absolute atomic E-state index is 0.0769. The molecule has 5 heteroatoms. The van der Waals surface area contributed by atoms with Crippen molar-refractivity contribution < 1.29 is 14.3 Å². The molecule has 5 nitrogen and oxygen atoms in total. The monoisotopic (exact) mass is 272 g/mol. The number of rotatable bonds is 2. The molecule has 1 aromatic heterocycles. The number of para-hydroxylation sites is 2. The molecule has 1 fully saturated rings. The van der Waals surface area contributed by atoms with Gasteiger partial charge < -0.3 is 19.3 Å². The minimum atomic E-state index is -0.0769. The zero-order chi connectivity index (χ0) is 13.9. The van der Waals surface area contributed by atoms with Crippen molar-refractivity contribution in [1.82, 2.24) is 4.90 Å². The van der Waals surface area contributed by atoms with Gasteiger partial charge in [-0.25, -0.2) is 0 Å². The van der Waals surface area contributed by atoms with Gasteiger partial charge in [0.25, 0.3) is 5.91 Å². The molecule has 104 valence electrons. The molecule has 1 aliphatic heterocycles. The number of amides is 1. The van der Waals surface area contributed by atoms with Gasteiger partial charge in [-0.3, -0.25) is 4.79 Å². The number of aromatic hydroxyl groups is 1. The Hall–Kier alpha value is -2.43. The van der Waals surface area contributed by atoms with Gasteiger partial charge in [-0.2, -0.15) is 0 Å². The van der Waals surface area contributed by atoms with Crippen LogP contribution in [0.3, 0.4) is 0 Å². The fourth-order valence-electron chi connectivity index (χ4n) is 2.44. The van der Waals surface area contributed by atoms with Crippen LogP contribution < -0.4 is 4.90 Å². The normalized spacial score (nSPS) is 15.4. The Morgan fingerprint density at radius 3 is 2.45 bits per heavy atom. The van der Waals surface area contributed by atoms with E-state index in [0.717, 1.165) is 5.69 Å². The number of furan rings is 1. The fourth-order valence-corrected chi connectivity index (χ4v) is 2.44. The molecule has 0 saturated carbocycles. The fraction of sp³-hybridized carbons (Fsp3) is 0.267. The lowest BCUT2D eigenvalue weighted by atomic mass is 10.2. The number of benzene rings is 1. The maximum Gasteiger partial charge on any atom is 0.289 e. The van der Waals surface area contributed by atoms with Crippen molar-refractivity contribution in [2.75, 3.05) is 31.1 Å². The summed E-state index contributed by atoms with van der Waals surface area (Å²) < 4.78 is 5.13. The SMILES string of the molecule is O=C(c1ccco1)N1CCN(c2ccccc2O)CC1. The summed E-state index contributed by atoms with van der Waals surface area (Å²) in [7, 11) is 0. The molecular formula is C15H16N2O3. The number of carbonyl (C=O) groups excluding carboxylic acids is 1. The van der Waals surface area contributed by atoms with E-state index in [2.05, 4.69) is 4.90 Å². The molecule has 2 aromatic rings. The van der Waals surface area contributed by atoms with Crippen molar-refractivity contribution in [2.45, 2.75) is 0 Å². The van der Waals surface area contributed by atoms with Gasteiger partial charge in [0, 0.05) is 26.2 Å². The van der Waals surface area contributed by atoms with Crippen LogP contribution in [0.25, 0.3) is 0 Å². The van der Waals surface area contributed by atoms with Gasteiger partial charge in [0.05, 0.1) is 12.0 Å². The molecular weight excluding hydrogens is 256 g/mol. The van der Waals surface area contributed by atoms with E-state index in [0.29, 0.717) is 31.9 Å². The standard InChI is InChI=1S/C15H16N2O3/c18-13-5-2-1-4-12(13)16-7-9-17(10-8-16)15(19)14-6-3-11-20-14/h1-6,11,18H,7-10H2. The molecule has 3 rings (SSSR count). The summed E-state index contributed by atoms with van der Waals surface area (Å²) in [5.74, 6) is 0.575. The lowest BCUT2D eigenvalue weighted by molar-refractivity contribution is 0.0714. The molecule has 1 aromatic carbocycles. The van der Waals surface area contributed by atoms with Crippen LogP contribution in [-0.2, 0) is 0 Å². The van der Waals surface area contributed by atoms with Crippen molar-refractivity contribution in [3.63, 3.8) is 0 Å². The van der Waals surface area contributed by atoms with E-state index in [1.54, 1.807) is 29.2 Å². The smallest absolute Gasteiger partial charge is 0.289 e. The van der Waals surface area contributed by atoms with E-state index in [1.807, 2.05) is 12.1 Å². The topological polar surface area (TPSA) is 56.9 Å². The second-order valence-corrected chi connectivity index (χ2v) is 4.75. The highest BCUT2D eigenvalue weighted by Crippen LogP contribution is 2.27. The van der Waals surface area contributed by atoms with Crippen LogP contribution in [-0.4, -0.2) is 42.1 Å². The zero-order valence-electron chi connectivity index (χ0n) is 11.0. The number of hydrogen-bond acceptors (Lipinski definition) is 4. The van der Waals surface area contributed by atoms with Gasteiger partial charge in [0.1, 0.15) is 5.75 Å². The molecule has 1 saturated heterocycles. The van der Waals surface area contributed by atoms with Gasteiger partial charge in [0.15, 0.2) is 5.76 Å². The Bertz CT molecular complexity index is 587. The van der Waals surface area contributed by atoms with Gasteiger partial charge in [-0.05, 0) is 24.3 Å². The predicted molar refractivity (Wildman–Crippen MR) is 74.9 cm³/mol. The van der Waals surface area contributed by atoms with Crippen molar-refractivity contribution in [2.24, 2.45) is 0 Å². The van der Waals surface area contributed by atoms with Crippen LogP contribution in [0.4, 0.5) is 5.69 Å². The molecule has 2 heterocycles. The molecule has 0 bridgehead atoms. The maximum atomic E-state index is 12.1. The summed E-state index contributed by atoms with van der Waals surface area (Å²) >= 11 is 0. The van der Waals surface area contributed by atoms with Crippen molar-refractivity contribution in [1.29, 1.82) is 0 Å². The van der Waals surface area contributed by atoms with E-state index in [-0.39, 0.29) is 11.7 Å². The summed E-state index contributed by atoms with van der Waals surface area (Å²) in [4.78, 5) is 16.0. The maximum absolute atomic E-state index is 12.1. The highest BCUT2D eigenvalue weighted by Gasteiger charge is 2.24. The van der Waals surface area contributed by atoms with Crippen LogP contribution in [0.2, 0.25) is 0 Å². The molecule has 0 spiro atoms. The van der Waals surface area contributed by atoms with E-state index < -0.39 is 0 Å². The van der Waals surface area contributed by atoms with E-state index in [4.69, 9.17) is 4.42 Å². The molecule has 0 unspecified atom stereocenters. The number of piperazine rings is 1. The third-order valence-electron chi connectivity index (χ3n) is 3.52. The van der Waals surface area contributed by atoms with Gasteiger partial charge in [-0.15, -0.1) is 0 Å². The Balaban J connectivity index is 1.65. The van der Waals surface area contributed by atoms with Gasteiger partial charge in [-0.1, -0.05) is 12.1 Å². The Morgan fingerprint density at radius 2 is 1.80 bits per heavy atom. The average Bonchev–Trinajstić information content (AvgIpc) is 3.01. The Morgan fingerprint density at radius 1 is 1.05 bits per heavy atom. The molecule has 0 aliphatic carbocycles. The Kier molecular flexibility index (Phi) is 3.33. The van der Waals surface area contributed by atoms with Crippen LogP contribution >= 0.6 is 0 Å². The first-order valence-corrected chi connectivity index (χ1v) is 6.61. The van der Waals surface area contributed by atoms with Crippen molar-refractivity contribution in [3.8, 4) is 5.75 Å². The number of phenols is 1. The summed E-state index contributed by atoms with van der Waals surface area (Å²) in [6.07, 6.45) is 1.51. The first-order chi connectivity index (χ1) is 9.75. The number of hydrogen-bond donors (Lipinski definition) is 1. The Labute approximate surface area is 117 Å². The molecule has 0 radical (unpaired) electrons. The molecule has 0 atom stereocenters. The van der Waals surface area contributed by atoms with Crippen LogP contribution in [0.1, 0.15) is 10.6 Å². The predicted octanol–water partition coefficient (Wildman–Crippen LogP) is 1.95. The van der Waals surface area contributed by atoms with Gasteiger partial charge in [0.2, 0.25) is 0 Å². The first-order valence-electron chi connectivity index (χ1n) is 6.61. The second kappa shape index (κ2) is 5.28. The van der Waals surface area contributed by atoms with Crippen molar-refractivity contribution in [3.05, 3.63) is 48.4 Å². The van der Waals surface area contributed by atoms with Crippen LogP contribution in [0.5, 0.6) is 5.75 Å². The lowest BCUT2D eigenvalue weighted by Gasteiger charge is -2.35. The van der Waals surface area contributed by atoms with E-state index >= 15 is 0 Å². The second-order valence-electron chi connectivity index (χ2n) is 4.75. The number of anilines is 1. The van der Waals surface area contributed by atoms with Crippen molar-refractivity contribution >= 4 is 11.6 Å². The highest BCUT2D eigenvalue weighted by molar-refractivity contribution is 5.91. The number of nitrogens with zero attached hydrogens (tertiary/aromatic N) is 2. The van der Waals surface area contributed by atoms with Gasteiger partial charge >= 0.3 is 0 Å². The highest BCUT2D eigenvalue weighted by atomic mass is 16.3. The summed E-state index contributed by atoms with van der Waals surface area (Å²) in [5, 5.41) is 9.85. The summed E-state index contributed by atoms with van der Waals surface area (Å²) in [5.41, 5.74) is 0.817. The molecule has 20 heavy (non-hydrogen) atoms. The quantitative estimate of drug-likeness (QED) is 0.907. The average molecular weight is 272 g/mol. The summed E-state index contributed by atoms with van der Waals surface area (Å²) in [6, 6.07) is 10.7. The largest absolute Gasteiger partial charge is 0.506 e. The third kappa shape index (κ3) is 2.34. The summed E-state index contributed by atoms with van der Waals surface area (Å²) in [6.45, 7) is 2.63. The zero-order valence-corrected chi connectivity index (χ0v) is 11.0. The number of phenolic OH excluding ortho intramolecular Hbond substituents is 1. The minimum Gasteiger partial charge on any atom is -0.506 e.